The summed E-state index contributed by atoms with van der Waals surface area (Å²) < 4.78 is 5.08. The van der Waals surface area contributed by atoms with Crippen LogP contribution in [-0.2, 0) is 9.59 Å². The van der Waals surface area contributed by atoms with Crippen molar-refractivity contribution < 1.29 is 14.3 Å². The van der Waals surface area contributed by atoms with Crippen LogP contribution in [0.4, 0.5) is 5.69 Å². The van der Waals surface area contributed by atoms with E-state index in [0.717, 1.165) is 22.6 Å². The standard InChI is InChI=1S/C20H22N2O3/c1-15-4-3-5-17(14-15)22-20(24)12-13-21-19(23)11-8-16-6-9-18(25-2)10-7-16/h3-11,14H,12-13H2,1-2H3,(H,21,23)(H,22,24)/b11-8+. The van der Waals surface area contributed by atoms with Crippen LogP contribution in [0.5, 0.6) is 5.75 Å². The van der Waals surface area contributed by atoms with Crippen LogP contribution in [0.3, 0.4) is 0 Å². The molecule has 5 nitrogen and oxygen atoms in total. The quantitative estimate of drug-likeness (QED) is 0.762. The third-order valence-corrected chi connectivity index (χ3v) is 3.50. The largest absolute Gasteiger partial charge is 0.497 e. The van der Waals surface area contributed by atoms with Crippen LogP contribution in [0, 0.1) is 6.92 Å². The molecule has 0 radical (unpaired) electrons. The Morgan fingerprint density at radius 2 is 1.88 bits per heavy atom. The van der Waals surface area contributed by atoms with E-state index in [0.29, 0.717) is 0 Å². The molecule has 0 heterocycles. The number of ether oxygens (including phenoxy) is 1. The number of hydrogen-bond donors (Lipinski definition) is 2. The number of rotatable bonds is 7. The summed E-state index contributed by atoms with van der Waals surface area (Å²) in [7, 11) is 1.60. The minimum absolute atomic E-state index is 0.134. The van der Waals surface area contributed by atoms with E-state index >= 15 is 0 Å². The normalized spacial score (nSPS) is 10.5. The lowest BCUT2D eigenvalue weighted by atomic mass is 10.2. The Labute approximate surface area is 147 Å². The summed E-state index contributed by atoms with van der Waals surface area (Å²) in [5, 5.41) is 5.50. The minimum atomic E-state index is -0.237. The second-order valence-corrected chi connectivity index (χ2v) is 5.57. The van der Waals surface area contributed by atoms with Gasteiger partial charge in [0.2, 0.25) is 11.8 Å². The first-order valence-electron chi connectivity index (χ1n) is 8.03. The van der Waals surface area contributed by atoms with E-state index in [1.807, 2.05) is 55.5 Å². The van der Waals surface area contributed by atoms with Gasteiger partial charge < -0.3 is 15.4 Å². The van der Waals surface area contributed by atoms with Gasteiger partial charge in [0.05, 0.1) is 7.11 Å². The summed E-state index contributed by atoms with van der Waals surface area (Å²) in [5.74, 6) is 0.394. The number of benzene rings is 2. The van der Waals surface area contributed by atoms with Gasteiger partial charge in [-0.05, 0) is 48.4 Å². The average Bonchev–Trinajstić information content (AvgIpc) is 2.60. The zero-order chi connectivity index (χ0) is 18.1. The summed E-state index contributed by atoms with van der Waals surface area (Å²) >= 11 is 0. The number of carbonyl (C=O) groups excluding carboxylic acids is 2. The van der Waals surface area contributed by atoms with Crippen molar-refractivity contribution in [2.45, 2.75) is 13.3 Å². The Kier molecular flexibility index (Phi) is 6.77. The van der Waals surface area contributed by atoms with E-state index in [2.05, 4.69) is 10.6 Å². The lowest BCUT2D eigenvalue weighted by molar-refractivity contribution is -0.117. The van der Waals surface area contributed by atoms with Gasteiger partial charge in [-0.1, -0.05) is 24.3 Å². The molecule has 2 aromatic rings. The SMILES string of the molecule is COc1ccc(/C=C/C(=O)NCCC(=O)Nc2cccc(C)c2)cc1. The molecule has 2 amide bonds. The van der Waals surface area contributed by atoms with Gasteiger partial charge in [0.1, 0.15) is 5.75 Å². The average molecular weight is 338 g/mol. The zero-order valence-electron chi connectivity index (χ0n) is 14.4. The van der Waals surface area contributed by atoms with E-state index in [9.17, 15) is 9.59 Å². The van der Waals surface area contributed by atoms with Crippen molar-refractivity contribution in [3.05, 3.63) is 65.7 Å². The number of aryl methyl sites for hydroxylation is 1. The number of carbonyl (C=O) groups is 2. The van der Waals surface area contributed by atoms with Gasteiger partial charge in [-0.3, -0.25) is 9.59 Å². The fraction of sp³-hybridized carbons (Fsp3) is 0.200. The molecule has 5 heteroatoms. The van der Waals surface area contributed by atoms with Crippen LogP contribution < -0.4 is 15.4 Å². The second kappa shape index (κ2) is 9.27. The Hall–Kier alpha value is -3.08. The van der Waals surface area contributed by atoms with Crippen LogP contribution in [0.2, 0.25) is 0 Å². The van der Waals surface area contributed by atoms with E-state index in [1.165, 1.54) is 6.08 Å². The van der Waals surface area contributed by atoms with Crippen LogP contribution in [0.1, 0.15) is 17.5 Å². The molecule has 2 aromatic carbocycles. The predicted octanol–water partition coefficient (Wildman–Crippen LogP) is 3.16. The summed E-state index contributed by atoms with van der Waals surface area (Å²) in [6.45, 7) is 2.24. The molecule has 2 N–H and O–H groups in total. The molecular formula is C20H22N2O3. The molecule has 2 rings (SSSR count). The first-order valence-corrected chi connectivity index (χ1v) is 8.03. The molecule has 0 saturated heterocycles. The molecule has 0 fully saturated rings. The highest BCUT2D eigenvalue weighted by Crippen LogP contribution is 2.12. The van der Waals surface area contributed by atoms with Gasteiger partial charge in [-0.2, -0.15) is 0 Å². The van der Waals surface area contributed by atoms with Crippen molar-refractivity contribution in [1.29, 1.82) is 0 Å². The molecule has 0 spiro atoms. The topological polar surface area (TPSA) is 67.4 Å². The lowest BCUT2D eigenvalue weighted by Gasteiger charge is -2.06. The van der Waals surface area contributed by atoms with Crippen LogP contribution in [-0.4, -0.2) is 25.5 Å². The summed E-state index contributed by atoms with van der Waals surface area (Å²) in [5.41, 5.74) is 2.73. The minimum Gasteiger partial charge on any atom is -0.497 e. The van der Waals surface area contributed by atoms with Gasteiger partial charge in [0.25, 0.3) is 0 Å². The highest BCUT2D eigenvalue weighted by molar-refractivity contribution is 5.93. The molecule has 25 heavy (non-hydrogen) atoms. The van der Waals surface area contributed by atoms with Crippen molar-refractivity contribution in [2.24, 2.45) is 0 Å². The van der Waals surface area contributed by atoms with E-state index in [-0.39, 0.29) is 24.8 Å². The number of hydrogen-bond acceptors (Lipinski definition) is 3. The molecule has 0 atom stereocenters. The van der Waals surface area contributed by atoms with E-state index in [4.69, 9.17) is 4.74 Å². The van der Waals surface area contributed by atoms with Crippen molar-refractivity contribution in [2.75, 3.05) is 19.0 Å². The van der Waals surface area contributed by atoms with Gasteiger partial charge in [0.15, 0.2) is 0 Å². The molecule has 130 valence electrons. The predicted molar refractivity (Wildman–Crippen MR) is 99.5 cm³/mol. The second-order valence-electron chi connectivity index (χ2n) is 5.57. The zero-order valence-corrected chi connectivity index (χ0v) is 14.4. The molecular weight excluding hydrogens is 316 g/mol. The van der Waals surface area contributed by atoms with Gasteiger partial charge in [-0.15, -0.1) is 0 Å². The van der Waals surface area contributed by atoms with Gasteiger partial charge in [0, 0.05) is 24.7 Å². The Morgan fingerprint density at radius 3 is 2.56 bits per heavy atom. The van der Waals surface area contributed by atoms with E-state index < -0.39 is 0 Å². The number of anilines is 1. The summed E-state index contributed by atoms with van der Waals surface area (Å²) in [4.78, 5) is 23.6. The van der Waals surface area contributed by atoms with Crippen LogP contribution in [0.15, 0.2) is 54.6 Å². The Balaban J connectivity index is 1.72. The summed E-state index contributed by atoms with van der Waals surface area (Å²) in [6.07, 6.45) is 3.37. The maximum Gasteiger partial charge on any atom is 0.244 e. The summed E-state index contributed by atoms with van der Waals surface area (Å²) in [6, 6.07) is 15.0. The third-order valence-electron chi connectivity index (χ3n) is 3.50. The highest BCUT2D eigenvalue weighted by atomic mass is 16.5. The number of nitrogens with one attached hydrogen (secondary N) is 2. The molecule has 0 saturated carbocycles. The van der Waals surface area contributed by atoms with Crippen LogP contribution >= 0.6 is 0 Å². The first kappa shape index (κ1) is 18.3. The molecule has 0 aliphatic carbocycles. The molecule has 0 unspecified atom stereocenters. The maximum atomic E-state index is 11.9. The number of methoxy groups -OCH3 is 1. The Morgan fingerprint density at radius 1 is 1.12 bits per heavy atom. The van der Waals surface area contributed by atoms with Crippen molar-refractivity contribution in [3.63, 3.8) is 0 Å². The molecule has 0 aromatic heterocycles. The van der Waals surface area contributed by atoms with Crippen molar-refractivity contribution >= 4 is 23.6 Å². The fourth-order valence-corrected chi connectivity index (χ4v) is 2.19. The molecule has 0 aliphatic rings. The fourth-order valence-electron chi connectivity index (χ4n) is 2.19. The smallest absolute Gasteiger partial charge is 0.244 e. The van der Waals surface area contributed by atoms with E-state index in [1.54, 1.807) is 13.2 Å². The molecule has 0 aliphatic heterocycles. The Bertz CT molecular complexity index is 752. The van der Waals surface area contributed by atoms with Gasteiger partial charge >= 0.3 is 0 Å². The monoisotopic (exact) mass is 338 g/mol. The lowest BCUT2D eigenvalue weighted by Crippen LogP contribution is -2.26. The maximum absolute atomic E-state index is 11.9. The third kappa shape index (κ3) is 6.51. The van der Waals surface area contributed by atoms with Crippen molar-refractivity contribution in [3.8, 4) is 5.75 Å². The number of amides is 2. The van der Waals surface area contributed by atoms with Crippen molar-refractivity contribution in [1.82, 2.24) is 5.32 Å². The highest BCUT2D eigenvalue weighted by Gasteiger charge is 2.03. The van der Waals surface area contributed by atoms with Gasteiger partial charge in [-0.25, -0.2) is 0 Å². The first-order chi connectivity index (χ1) is 12.1. The molecule has 0 bridgehead atoms. The van der Waals surface area contributed by atoms with Crippen LogP contribution in [0.25, 0.3) is 6.08 Å².